The third kappa shape index (κ3) is 1.04. The van der Waals surface area contributed by atoms with Crippen LogP contribution < -0.4 is 11.5 Å². The number of rotatable bonds is 1. The minimum absolute atomic E-state index is 0.475. The van der Waals surface area contributed by atoms with Gasteiger partial charge in [0.2, 0.25) is 0 Å². The van der Waals surface area contributed by atoms with E-state index in [1.807, 2.05) is 6.92 Å². The molecule has 0 bridgehead atoms. The molecule has 0 aromatic carbocycles. The quantitative estimate of drug-likeness (QED) is 0.622. The molecular formula is C8H11N5O. The average molecular weight is 193 g/mol. The molecule has 0 spiro atoms. The maximum absolute atomic E-state index is 5.78. The number of hydrogen-bond donors (Lipinski definition) is 3. The van der Waals surface area contributed by atoms with Crippen LogP contribution in [-0.2, 0) is 0 Å². The Bertz CT molecular complexity index is 426. The van der Waals surface area contributed by atoms with E-state index in [0.29, 0.717) is 28.5 Å². The molecule has 0 fully saturated rings. The molecule has 6 nitrogen and oxygen atoms in total. The van der Waals surface area contributed by atoms with Crippen LogP contribution in [0.4, 0.5) is 11.4 Å². The summed E-state index contributed by atoms with van der Waals surface area (Å²) in [6.07, 6.45) is 0. The number of H-pyrrole nitrogens is 1. The number of anilines is 2. The predicted octanol–water partition coefficient (Wildman–Crippen LogP) is 0.846. The third-order valence-corrected chi connectivity index (χ3v) is 2.13. The van der Waals surface area contributed by atoms with Gasteiger partial charge in [0.15, 0.2) is 11.5 Å². The molecule has 5 N–H and O–H groups in total. The number of nitrogen functional groups attached to an aromatic ring is 2. The molecule has 0 unspecified atom stereocenters. The normalized spacial score (nSPS) is 10.7. The Morgan fingerprint density at radius 2 is 1.86 bits per heavy atom. The van der Waals surface area contributed by atoms with Gasteiger partial charge in [-0.1, -0.05) is 5.16 Å². The molecule has 0 aliphatic rings. The van der Waals surface area contributed by atoms with E-state index < -0.39 is 0 Å². The number of aromatic nitrogens is 3. The Morgan fingerprint density at radius 1 is 1.14 bits per heavy atom. The zero-order chi connectivity index (χ0) is 10.3. The summed E-state index contributed by atoms with van der Waals surface area (Å²) < 4.78 is 4.93. The van der Waals surface area contributed by atoms with Gasteiger partial charge in [-0.25, -0.2) is 0 Å². The number of nitrogens with two attached hydrogens (primary N) is 2. The van der Waals surface area contributed by atoms with Crippen LogP contribution in [0.3, 0.4) is 0 Å². The van der Waals surface area contributed by atoms with Crippen LogP contribution in [0.2, 0.25) is 0 Å². The molecule has 14 heavy (non-hydrogen) atoms. The van der Waals surface area contributed by atoms with Crippen molar-refractivity contribution in [3.63, 3.8) is 0 Å². The van der Waals surface area contributed by atoms with Crippen molar-refractivity contribution in [2.75, 3.05) is 11.5 Å². The van der Waals surface area contributed by atoms with Gasteiger partial charge in [0.05, 0.1) is 11.4 Å². The van der Waals surface area contributed by atoms with Crippen LogP contribution >= 0.6 is 0 Å². The maximum Gasteiger partial charge on any atom is 0.159 e. The lowest BCUT2D eigenvalue weighted by molar-refractivity contribution is 0.400. The van der Waals surface area contributed by atoms with Crippen molar-refractivity contribution >= 4 is 11.4 Å². The fourth-order valence-electron chi connectivity index (χ4n) is 1.17. The second-order valence-corrected chi connectivity index (χ2v) is 3.11. The molecule has 0 amide bonds. The van der Waals surface area contributed by atoms with E-state index in [9.17, 15) is 0 Å². The topological polar surface area (TPSA) is 107 Å². The number of aryl methyl sites for hydroxylation is 2. The predicted molar refractivity (Wildman–Crippen MR) is 52.4 cm³/mol. The SMILES string of the molecule is Cc1[nH]nc(-c2noc(C)c2N)c1N. The van der Waals surface area contributed by atoms with Gasteiger partial charge in [-0.05, 0) is 13.8 Å². The van der Waals surface area contributed by atoms with E-state index in [2.05, 4.69) is 15.4 Å². The first kappa shape index (κ1) is 8.61. The highest BCUT2D eigenvalue weighted by Crippen LogP contribution is 2.30. The summed E-state index contributed by atoms with van der Waals surface area (Å²) in [5.74, 6) is 0.569. The fraction of sp³-hybridized carbons (Fsp3) is 0.250. The number of aromatic amines is 1. The molecule has 0 radical (unpaired) electrons. The Kier molecular flexibility index (Phi) is 1.70. The first-order valence-electron chi connectivity index (χ1n) is 4.13. The van der Waals surface area contributed by atoms with Gasteiger partial charge in [0.1, 0.15) is 11.4 Å². The maximum atomic E-state index is 5.78. The van der Waals surface area contributed by atoms with Crippen molar-refractivity contribution in [3.8, 4) is 11.4 Å². The number of nitrogens with one attached hydrogen (secondary N) is 1. The van der Waals surface area contributed by atoms with Crippen LogP contribution in [0.15, 0.2) is 4.52 Å². The highest BCUT2D eigenvalue weighted by Gasteiger charge is 2.17. The monoisotopic (exact) mass is 193 g/mol. The van der Waals surface area contributed by atoms with E-state index in [0.717, 1.165) is 5.69 Å². The first-order valence-corrected chi connectivity index (χ1v) is 4.13. The van der Waals surface area contributed by atoms with Crippen LogP contribution in [-0.4, -0.2) is 15.4 Å². The first-order chi connectivity index (χ1) is 6.61. The van der Waals surface area contributed by atoms with E-state index in [-0.39, 0.29) is 0 Å². The van der Waals surface area contributed by atoms with E-state index >= 15 is 0 Å². The highest BCUT2D eigenvalue weighted by atomic mass is 16.5. The van der Waals surface area contributed by atoms with Crippen LogP contribution in [0.25, 0.3) is 11.4 Å². The van der Waals surface area contributed by atoms with E-state index in [4.69, 9.17) is 16.0 Å². The largest absolute Gasteiger partial charge is 0.395 e. The van der Waals surface area contributed by atoms with Gasteiger partial charge in [-0.3, -0.25) is 5.10 Å². The lowest BCUT2D eigenvalue weighted by Gasteiger charge is -1.93. The van der Waals surface area contributed by atoms with Gasteiger partial charge in [-0.2, -0.15) is 5.10 Å². The number of nitrogens with zero attached hydrogens (tertiary/aromatic N) is 2. The zero-order valence-electron chi connectivity index (χ0n) is 7.96. The molecule has 2 aromatic heterocycles. The summed E-state index contributed by atoms with van der Waals surface area (Å²) in [7, 11) is 0. The minimum atomic E-state index is 0.475. The molecule has 0 atom stereocenters. The van der Waals surface area contributed by atoms with Crippen molar-refractivity contribution in [3.05, 3.63) is 11.5 Å². The molecule has 2 aromatic rings. The Balaban J connectivity index is 2.60. The van der Waals surface area contributed by atoms with E-state index in [1.165, 1.54) is 0 Å². The Labute approximate surface area is 80.3 Å². The van der Waals surface area contributed by atoms with Crippen LogP contribution in [0.5, 0.6) is 0 Å². The van der Waals surface area contributed by atoms with Gasteiger partial charge in [0.25, 0.3) is 0 Å². The van der Waals surface area contributed by atoms with Crippen molar-refractivity contribution in [1.29, 1.82) is 0 Å². The summed E-state index contributed by atoms with van der Waals surface area (Å²) >= 11 is 0. The lowest BCUT2D eigenvalue weighted by Crippen LogP contribution is -1.93. The average Bonchev–Trinajstić information content (AvgIpc) is 2.63. The van der Waals surface area contributed by atoms with Crippen molar-refractivity contribution in [2.45, 2.75) is 13.8 Å². The Hall–Kier alpha value is -1.98. The summed E-state index contributed by atoms with van der Waals surface area (Å²) in [6.45, 7) is 3.57. The minimum Gasteiger partial charge on any atom is -0.395 e. The Morgan fingerprint density at radius 3 is 2.29 bits per heavy atom. The molecule has 0 aliphatic carbocycles. The molecule has 0 saturated heterocycles. The fourth-order valence-corrected chi connectivity index (χ4v) is 1.17. The van der Waals surface area contributed by atoms with Crippen LogP contribution in [0.1, 0.15) is 11.5 Å². The molecule has 2 heterocycles. The second-order valence-electron chi connectivity index (χ2n) is 3.11. The third-order valence-electron chi connectivity index (χ3n) is 2.13. The summed E-state index contributed by atoms with van der Waals surface area (Å²) in [4.78, 5) is 0. The number of hydrogen-bond acceptors (Lipinski definition) is 5. The smallest absolute Gasteiger partial charge is 0.159 e. The van der Waals surface area contributed by atoms with Crippen LogP contribution in [0, 0.1) is 13.8 Å². The van der Waals surface area contributed by atoms with Crippen molar-refractivity contribution in [1.82, 2.24) is 15.4 Å². The summed E-state index contributed by atoms with van der Waals surface area (Å²) in [5.41, 5.74) is 14.4. The van der Waals surface area contributed by atoms with Gasteiger partial charge >= 0.3 is 0 Å². The highest BCUT2D eigenvalue weighted by molar-refractivity contribution is 5.79. The van der Waals surface area contributed by atoms with Crippen molar-refractivity contribution in [2.24, 2.45) is 0 Å². The molecule has 6 heteroatoms. The second kappa shape index (κ2) is 2.76. The molecule has 0 saturated carbocycles. The molecule has 0 aliphatic heterocycles. The van der Waals surface area contributed by atoms with Gasteiger partial charge in [-0.15, -0.1) is 0 Å². The summed E-state index contributed by atoms with van der Waals surface area (Å²) in [5, 5.41) is 10.6. The molecule has 74 valence electrons. The zero-order valence-corrected chi connectivity index (χ0v) is 7.96. The molecule has 2 rings (SSSR count). The lowest BCUT2D eigenvalue weighted by atomic mass is 10.2. The van der Waals surface area contributed by atoms with Gasteiger partial charge in [0, 0.05) is 0 Å². The summed E-state index contributed by atoms with van der Waals surface area (Å²) in [6, 6.07) is 0. The standard InChI is InChI=1S/C8H11N5O/c1-3-5(9)7(12-11-3)8-6(10)4(2)14-13-8/h9-10H2,1-2H3,(H,11,12). The van der Waals surface area contributed by atoms with E-state index in [1.54, 1.807) is 6.92 Å². The molecular weight excluding hydrogens is 182 g/mol. The van der Waals surface area contributed by atoms with Gasteiger partial charge < -0.3 is 16.0 Å². The van der Waals surface area contributed by atoms with Crippen molar-refractivity contribution < 1.29 is 4.52 Å².